The molecule has 0 bridgehead atoms. The van der Waals surface area contributed by atoms with Crippen molar-refractivity contribution in [3.63, 3.8) is 0 Å². The van der Waals surface area contributed by atoms with E-state index in [-0.39, 0.29) is 4.83 Å². The van der Waals surface area contributed by atoms with Crippen molar-refractivity contribution in [1.29, 1.82) is 0 Å². The van der Waals surface area contributed by atoms with Crippen molar-refractivity contribution in [1.82, 2.24) is 0 Å². The predicted octanol–water partition coefficient (Wildman–Crippen LogP) is 2.27. The molecule has 0 aromatic heterocycles. The molecule has 1 nitrogen and oxygen atoms in total. The molecule has 0 radical (unpaired) electrons. The van der Waals surface area contributed by atoms with Crippen LogP contribution in [0, 0.1) is 0 Å². The van der Waals surface area contributed by atoms with Crippen molar-refractivity contribution in [3.8, 4) is 0 Å². The second-order valence-corrected chi connectivity index (χ2v) is 4.31. The molecule has 0 saturated carbocycles. The lowest BCUT2D eigenvalue weighted by molar-refractivity contribution is 0.272. The molecular formula is C3H4Br2Cl2O. The van der Waals surface area contributed by atoms with Crippen LogP contribution in [-0.4, -0.2) is 19.8 Å². The minimum atomic E-state index is -0.692. The van der Waals surface area contributed by atoms with Gasteiger partial charge in [-0.2, -0.15) is 0 Å². The molecule has 0 aliphatic heterocycles. The van der Waals surface area contributed by atoms with Gasteiger partial charge < -0.3 is 5.11 Å². The topological polar surface area (TPSA) is 20.2 Å². The molecule has 0 heterocycles. The Morgan fingerprint density at radius 3 is 1.62 bits per heavy atom. The summed E-state index contributed by atoms with van der Waals surface area (Å²) in [5, 5.41) is 8.00. The van der Waals surface area contributed by atoms with E-state index in [0.29, 0.717) is 0 Å². The summed E-state index contributed by atoms with van der Waals surface area (Å²) in [6, 6.07) is 0. The lowest BCUT2D eigenvalue weighted by atomic mass is 10.5. The van der Waals surface area contributed by atoms with Gasteiger partial charge in [0.2, 0.25) is 0 Å². The standard InChI is InChI=1S/C3H4Br2Cl2O/c4-1(2(5)8)3(6)7/h1-3,8H. The molecule has 1 N–H and O–H groups in total. The lowest BCUT2D eigenvalue weighted by Crippen LogP contribution is -2.19. The quantitative estimate of drug-likeness (QED) is 0.772. The van der Waals surface area contributed by atoms with Gasteiger partial charge in [-0.25, -0.2) is 0 Å². The molecule has 0 amide bonds. The van der Waals surface area contributed by atoms with Crippen LogP contribution in [0.1, 0.15) is 0 Å². The highest BCUT2D eigenvalue weighted by Crippen LogP contribution is 2.22. The van der Waals surface area contributed by atoms with Crippen LogP contribution in [0.3, 0.4) is 0 Å². The van der Waals surface area contributed by atoms with E-state index >= 15 is 0 Å². The van der Waals surface area contributed by atoms with Crippen molar-refractivity contribution in [3.05, 3.63) is 0 Å². The van der Waals surface area contributed by atoms with Crippen molar-refractivity contribution < 1.29 is 5.11 Å². The number of halogens is 4. The van der Waals surface area contributed by atoms with Crippen molar-refractivity contribution >= 4 is 55.1 Å². The highest BCUT2D eigenvalue weighted by atomic mass is 79.9. The fourth-order valence-electron chi connectivity index (χ4n) is 0.120. The summed E-state index contributed by atoms with van der Waals surface area (Å²) in [5.74, 6) is 0. The Hall–Kier alpha value is 1.50. The van der Waals surface area contributed by atoms with Gasteiger partial charge in [0, 0.05) is 0 Å². The molecule has 8 heavy (non-hydrogen) atoms. The number of aliphatic hydroxyl groups is 1. The first-order chi connectivity index (χ1) is 3.55. The van der Waals surface area contributed by atoms with Crippen molar-refractivity contribution in [2.75, 3.05) is 0 Å². The Kier molecular flexibility index (Phi) is 5.15. The molecule has 0 aliphatic rings. The molecule has 0 rings (SSSR count). The van der Waals surface area contributed by atoms with Gasteiger partial charge >= 0.3 is 0 Å². The minimum absolute atomic E-state index is 0.314. The fourth-order valence-corrected chi connectivity index (χ4v) is 1.05. The highest BCUT2D eigenvalue weighted by Gasteiger charge is 2.19. The summed E-state index contributed by atoms with van der Waals surface area (Å²) in [4.78, 5) is -0.907. The van der Waals surface area contributed by atoms with E-state index < -0.39 is 9.85 Å². The SMILES string of the molecule is OC(Br)C(Br)C(Cl)Cl. The number of hydrogen-bond donors (Lipinski definition) is 1. The van der Waals surface area contributed by atoms with Gasteiger partial charge in [0.25, 0.3) is 0 Å². The third kappa shape index (κ3) is 3.51. The van der Waals surface area contributed by atoms with Crippen LogP contribution in [0.15, 0.2) is 0 Å². The second-order valence-electron chi connectivity index (χ2n) is 1.15. The van der Waals surface area contributed by atoms with Crippen LogP contribution in [0.5, 0.6) is 0 Å². The van der Waals surface area contributed by atoms with E-state index in [4.69, 9.17) is 28.3 Å². The van der Waals surface area contributed by atoms with E-state index in [9.17, 15) is 0 Å². The maximum Gasteiger partial charge on any atom is 0.124 e. The number of aliphatic hydroxyl groups excluding tert-OH is 1. The van der Waals surface area contributed by atoms with E-state index in [0.717, 1.165) is 0 Å². The Labute approximate surface area is 74.6 Å². The molecule has 0 spiro atoms. The minimum Gasteiger partial charge on any atom is -0.381 e. The van der Waals surface area contributed by atoms with Crippen LogP contribution < -0.4 is 0 Å². The maximum atomic E-state index is 8.69. The average molecular weight is 287 g/mol. The zero-order chi connectivity index (χ0) is 6.73. The summed E-state index contributed by atoms with van der Waals surface area (Å²) in [6.07, 6.45) is 0. The maximum absolute atomic E-state index is 8.69. The Morgan fingerprint density at radius 1 is 1.25 bits per heavy atom. The van der Waals surface area contributed by atoms with Crippen molar-refractivity contribution in [2.24, 2.45) is 0 Å². The highest BCUT2D eigenvalue weighted by molar-refractivity contribution is 9.12. The van der Waals surface area contributed by atoms with Crippen LogP contribution in [-0.2, 0) is 0 Å². The van der Waals surface area contributed by atoms with Crippen LogP contribution in [0.25, 0.3) is 0 Å². The summed E-state index contributed by atoms with van der Waals surface area (Å²) in [6.45, 7) is 0. The molecule has 0 aromatic rings. The molecule has 2 atom stereocenters. The predicted molar refractivity (Wildman–Crippen MR) is 43.1 cm³/mol. The van der Waals surface area contributed by atoms with Gasteiger partial charge in [0.1, 0.15) is 9.85 Å². The number of rotatable bonds is 2. The molecule has 2 unspecified atom stereocenters. The zero-order valence-corrected chi connectivity index (χ0v) is 8.37. The Bertz CT molecular complexity index is 60.3. The van der Waals surface area contributed by atoms with Gasteiger partial charge in [0.05, 0.1) is 4.83 Å². The van der Waals surface area contributed by atoms with E-state index in [1.165, 1.54) is 0 Å². The second kappa shape index (κ2) is 4.34. The van der Waals surface area contributed by atoms with E-state index in [2.05, 4.69) is 31.9 Å². The summed E-state index contributed by atoms with van der Waals surface area (Å²) < 4.78 is 0. The van der Waals surface area contributed by atoms with Gasteiger partial charge in [-0.1, -0.05) is 31.9 Å². The summed E-state index contributed by atoms with van der Waals surface area (Å²) >= 11 is 16.6. The van der Waals surface area contributed by atoms with Gasteiger partial charge in [0.15, 0.2) is 0 Å². The number of alkyl halides is 4. The Morgan fingerprint density at radius 2 is 1.62 bits per heavy atom. The van der Waals surface area contributed by atoms with Gasteiger partial charge in [-0.15, -0.1) is 23.2 Å². The summed E-state index contributed by atoms with van der Waals surface area (Å²) in [7, 11) is 0. The molecule has 0 aromatic carbocycles. The Balaban J connectivity index is 3.46. The fraction of sp³-hybridized carbons (Fsp3) is 1.00. The smallest absolute Gasteiger partial charge is 0.124 e. The number of hydrogen-bond acceptors (Lipinski definition) is 1. The molecular weight excluding hydrogens is 283 g/mol. The van der Waals surface area contributed by atoms with E-state index in [1.54, 1.807) is 0 Å². The normalized spacial score (nSPS) is 18.8. The first-order valence-electron chi connectivity index (χ1n) is 1.80. The zero-order valence-electron chi connectivity index (χ0n) is 3.69. The first kappa shape index (κ1) is 9.50. The van der Waals surface area contributed by atoms with E-state index in [1.807, 2.05) is 0 Å². The van der Waals surface area contributed by atoms with Gasteiger partial charge in [-0.3, -0.25) is 0 Å². The molecule has 0 aliphatic carbocycles. The molecule has 5 heteroatoms. The van der Waals surface area contributed by atoms with Crippen molar-refractivity contribution in [2.45, 2.75) is 14.7 Å². The van der Waals surface area contributed by atoms with Gasteiger partial charge in [-0.05, 0) is 0 Å². The third-order valence-electron chi connectivity index (χ3n) is 0.503. The van der Waals surface area contributed by atoms with Crippen LogP contribution in [0.2, 0.25) is 0 Å². The largest absolute Gasteiger partial charge is 0.381 e. The van der Waals surface area contributed by atoms with Crippen LogP contribution >= 0.6 is 55.1 Å². The first-order valence-corrected chi connectivity index (χ1v) is 4.50. The molecule has 50 valence electrons. The lowest BCUT2D eigenvalue weighted by Gasteiger charge is -2.10. The molecule has 0 fully saturated rings. The van der Waals surface area contributed by atoms with Crippen LogP contribution in [0.4, 0.5) is 0 Å². The average Bonchev–Trinajstić information content (AvgIpc) is 1.64. The summed E-state index contributed by atoms with van der Waals surface area (Å²) in [5.41, 5.74) is 0. The molecule has 0 saturated heterocycles. The third-order valence-corrected chi connectivity index (χ3v) is 3.96. The monoisotopic (exact) mass is 284 g/mol.